The fourth-order valence-corrected chi connectivity index (χ4v) is 2.04. The molecule has 0 atom stereocenters. The lowest BCUT2D eigenvalue weighted by atomic mass is 10.0. The summed E-state index contributed by atoms with van der Waals surface area (Å²) in [7, 11) is 0. The molecule has 0 N–H and O–H groups in total. The minimum atomic E-state index is -0.970. The van der Waals surface area contributed by atoms with E-state index in [0.717, 1.165) is 12.1 Å². The standard InChI is InChI=1S/C16H14N2O8/c1-3-24-15(20)11-12(17-26-14(11)16(21)25-4-2)13(19)9-5-7-10(8-6-9)18(22)23/h5-8H,3-4H2,1-2H3. The maximum absolute atomic E-state index is 12.6. The zero-order valence-corrected chi connectivity index (χ0v) is 13.9. The third-order valence-corrected chi connectivity index (χ3v) is 3.19. The van der Waals surface area contributed by atoms with Crippen molar-refractivity contribution in [2.45, 2.75) is 13.8 Å². The zero-order chi connectivity index (χ0) is 19.3. The quantitative estimate of drug-likeness (QED) is 0.314. The number of nitro groups is 1. The lowest BCUT2D eigenvalue weighted by Crippen LogP contribution is -2.16. The Bertz CT molecular complexity index is 854. The maximum atomic E-state index is 12.6. The van der Waals surface area contributed by atoms with Crippen LogP contribution in [0.15, 0.2) is 28.8 Å². The second-order valence-electron chi connectivity index (χ2n) is 4.81. The SMILES string of the molecule is CCOC(=O)c1onc(C(=O)c2ccc([N+](=O)[O-])cc2)c1C(=O)OCC. The van der Waals surface area contributed by atoms with E-state index in [9.17, 15) is 24.5 Å². The van der Waals surface area contributed by atoms with E-state index in [1.165, 1.54) is 12.1 Å². The third-order valence-electron chi connectivity index (χ3n) is 3.19. The Hall–Kier alpha value is -3.56. The first-order valence-corrected chi connectivity index (χ1v) is 7.53. The van der Waals surface area contributed by atoms with Crippen LogP contribution in [-0.2, 0) is 9.47 Å². The monoisotopic (exact) mass is 362 g/mol. The summed E-state index contributed by atoms with van der Waals surface area (Å²) in [6, 6.07) is 4.66. The highest BCUT2D eigenvalue weighted by Gasteiger charge is 2.33. The highest BCUT2D eigenvalue weighted by atomic mass is 16.6. The van der Waals surface area contributed by atoms with Crippen LogP contribution in [0, 0.1) is 10.1 Å². The van der Waals surface area contributed by atoms with Gasteiger partial charge < -0.3 is 14.0 Å². The van der Waals surface area contributed by atoms with Gasteiger partial charge in [-0.2, -0.15) is 0 Å². The highest BCUT2D eigenvalue weighted by molar-refractivity contribution is 6.15. The second kappa shape index (κ2) is 8.01. The van der Waals surface area contributed by atoms with Gasteiger partial charge in [-0.1, -0.05) is 5.16 Å². The van der Waals surface area contributed by atoms with E-state index in [1.54, 1.807) is 13.8 Å². The molecule has 0 saturated carbocycles. The second-order valence-corrected chi connectivity index (χ2v) is 4.81. The minimum absolute atomic E-state index is 0.00254. The van der Waals surface area contributed by atoms with Gasteiger partial charge in [-0.15, -0.1) is 0 Å². The number of ketones is 1. The number of carbonyl (C=O) groups is 3. The molecule has 0 aliphatic carbocycles. The van der Waals surface area contributed by atoms with Gasteiger partial charge in [-0.05, 0) is 26.0 Å². The van der Waals surface area contributed by atoms with Crippen molar-refractivity contribution in [1.82, 2.24) is 5.16 Å². The molecule has 0 aliphatic rings. The molecule has 2 rings (SSSR count). The van der Waals surface area contributed by atoms with Gasteiger partial charge in [0.2, 0.25) is 5.78 Å². The van der Waals surface area contributed by atoms with E-state index in [4.69, 9.17) is 14.0 Å². The van der Waals surface area contributed by atoms with Crippen molar-refractivity contribution in [1.29, 1.82) is 0 Å². The molecule has 136 valence electrons. The van der Waals surface area contributed by atoms with Crippen LogP contribution >= 0.6 is 0 Å². The Kier molecular flexibility index (Phi) is 5.78. The van der Waals surface area contributed by atoms with Gasteiger partial charge in [0.15, 0.2) is 5.69 Å². The van der Waals surface area contributed by atoms with Crippen molar-refractivity contribution in [2.24, 2.45) is 0 Å². The Balaban J connectivity index is 2.47. The van der Waals surface area contributed by atoms with Crippen molar-refractivity contribution in [3.8, 4) is 0 Å². The van der Waals surface area contributed by atoms with Crippen molar-refractivity contribution >= 4 is 23.4 Å². The number of nitrogens with zero attached hydrogens (tertiary/aromatic N) is 2. The van der Waals surface area contributed by atoms with E-state index in [2.05, 4.69) is 5.16 Å². The Morgan fingerprint density at radius 3 is 2.19 bits per heavy atom. The number of nitro benzene ring substituents is 1. The van der Waals surface area contributed by atoms with Crippen LogP contribution in [0.1, 0.15) is 50.8 Å². The van der Waals surface area contributed by atoms with Crippen molar-refractivity contribution in [2.75, 3.05) is 13.2 Å². The van der Waals surface area contributed by atoms with E-state index in [1.807, 2.05) is 0 Å². The molecule has 0 fully saturated rings. The number of carbonyl (C=O) groups excluding carboxylic acids is 3. The molecule has 1 aromatic carbocycles. The number of rotatable bonds is 7. The zero-order valence-electron chi connectivity index (χ0n) is 13.9. The van der Waals surface area contributed by atoms with Gasteiger partial charge in [0, 0.05) is 17.7 Å². The van der Waals surface area contributed by atoms with Gasteiger partial charge in [0.05, 0.1) is 18.1 Å². The average Bonchev–Trinajstić information content (AvgIpc) is 3.06. The molecule has 0 radical (unpaired) electrons. The highest BCUT2D eigenvalue weighted by Crippen LogP contribution is 2.21. The van der Waals surface area contributed by atoms with Gasteiger partial charge in [0.25, 0.3) is 11.4 Å². The van der Waals surface area contributed by atoms with E-state index < -0.39 is 39.7 Å². The molecule has 2 aromatic rings. The van der Waals surface area contributed by atoms with Crippen LogP contribution in [0.4, 0.5) is 5.69 Å². The molecular formula is C16H14N2O8. The summed E-state index contributed by atoms with van der Waals surface area (Å²) in [5, 5.41) is 14.2. The third kappa shape index (κ3) is 3.74. The van der Waals surface area contributed by atoms with Gasteiger partial charge in [0.1, 0.15) is 5.56 Å². The number of hydrogen-bond donors (Lipinski definition) is 0. The normalized spacial score (nSPS) is 10.2. The Morgan fingerprint density at radius 2 is 1.65 bits per heavy atom. The molecule has 0 aliphatic heterocycles. The molecule has 1 heterocycles. The van der Waals surface area contributed by atoms with Crippen LogP contribution in [-0.4, -0.2) is 41.0 Å². The first-order valence-electron chi connectivity index (χ1n) is 7.53. The van der Waals surface area contributed by atoms with Gasteiger partial charge >= 0.3 is 11.9 Å². The lowest BCUT2D eigenvalue weighted by molar-refractivity contribution is -0.384. The fraction of sp³-hybridized carbons (Fsp3) is 0.250. The molecule has 1 aromatic heterocycles. The Morgan fingerprint density at radius 1 is 1.08 bits per heavy atom. The first kappa shape index (κ1) is 18.8. The molecule has 0 spiro atoms. The van der Waals surface area contributed by atoms with E-state index in [0.29, 0.717) is 0 Å². The molecule has 10 heteroatoms. The smallest absolute Gasteiger partial charge is 0.378 e. The predicted octanol–water partition coefficient (Wildman–Crippen LogP) is 2.17. The van der Waals surface area contributed by atoms with Crippen LogP contribution in [0.25, 0.3) is 0 Å². The fourth-order valence-electron chi connectivity index (χ4n) is 2.04. The Labute approximate surface area is 146 Å². The van der Waals surface area contributed by atoms with Crippen LogP contribution in [0.5, 0.6) is 0 Å². The van der Waals surface area contributed by atoms with Gasteiger partial charge in [-0.25, -0.2) is 9.59 Å². The van der Waals surface area contributed by atoms with Crippen LogP contribution in [0.2, 0.25) is 0 Å². The van der Waals surface area contributed by atoms with Crippen molar-refractivity contribution in [3.05, 3.63) is 57.0 Å². The molecule has 0 bridgehead atoms. The number of hydrogen-bond acceptors (Lipinski definition) is 9. The summed E-state index contributed by atoms with van der Waals surface area (Å²) in [5.74, 6) is -3.24. The summed E-state index contributed by atoms with van der Waals surface area (Å²) >= 11 is 0. The maximum Gasteiger partial charge on any atom is 0.378 e. The summed E-state index contributed by atoms with van der Waals surface area (Å²) in [6.07, 6.45) is 0. The summed E-state index contributed by atoms with van der Waals surface area (Å²) in [6.45, 7) is 3.12. The summed E-state index contributed by atoms with van der Waals surface area (Å²) < 4.78 is 14.4. The number of ether oxygens (including phenoxy) is 2. The molecule has 0 unspecified atom stereocenters. The average molecular weight is 362 g/mol. The number of aromatic nitrogens is 1. The van der Waals surface area contributed by atoms with Crippen molar-refractivity contribution < 1.29 is 33.3 Å². The number of non-ortho nitro benzene ring substituents is 1. The lowest BCUT2D eigenvalue weighted by Gasteiger charge is -2.04. The van der Waals surface area contributed by atoms with Crippen molar-refractivity contribution in [3.63, 3.8) is 0 Å². The first-order chi connectivity index (χ1) is 12.4. The summed E-state index contributed by atoms with van der Waals surface area (Å²) in [5.41, 5.74) is -1.08. The van der Waals surface area contributed by atoms with Crippen LogP contribution in [0.3, 0.4) is 0 Å². The predicted molar refractivity (Wildman–Crippen MR) is 84.9 cm³/mol. The molecule has 0 saturated heterocycles. The van der Waals surface area contributed by atoms with Crippen LogP contribution < -0.4 is 0 Å². The topological polar surface area (TPSA) is 139 Å². The molecule has 0 amide bonds. The molecule has 26 heavy (non-hydrogen) atoms. The number of esters is 2. The molecular weight excluding hydrogens is 348 g/mol. The van der Waals surface area contributed by atoms with E-state index in [-0.39, 0.29) is 24.5 Å². The molecule has 10 nitrogen and oxygen atoms in total. The van der Waals surface area contributed by atoms with Gasteiger partial charge in [-0.3, -0.25) is 14.9 Å². The summed E-state index contributed by atoms with van der Waals surface area (Å²) in [4.78, 5) is 46.7. The van der Waals surface area contributed by atoms with E-state index >= 15 is 0 Å². The number of benzene rings is 1. The largest absolute Gasteiger partial charge is 0.462 e. The minimum Gasteiger partial charge on any atom is -0.462 e.